The number of hydrogen-bond acceptors (Lipinski definition) is 4. The van der Waals surface area contributed by atoms with Crippen molar-refractivity contribution >= 4 is 0 Å². The van der Waals surface area contributed by atoms with Crippen molar-refractivity contribution in [2.75, 3.05) is 0 Å². The Bertz CT molecular complexity index is 414. The molecule has 1 aromatic rings. The molecule has 114 valence electrons. The molecule has 1 saturated carbocycles. The summed E-state index contributed by atoms with van der Waals surface area (Å²) in [6, 6.07) is 0.0923. The highest BCUT2D eigenvalue weighted by Gasteiger charge is 2.25. The van der Waals surface area contributed by atoms with Crippen molar-refractivity contribution in [1.29, 1.82) is 0 Å². The highest BCUT2D eigenvalue weighted by molar-refractivity contribution is 4.98. The molecule has 0 aliphatic heterocycles. The summed E-state index contributed by atoms with van der Waals surface area (Å²) in [4.78, 5) is 4.57. The maximum absolute atomic E-state index is 6.17. The van der Waals surface area contributed by atoms with Crippen LogP contribution in [0.5, 0.6) is 0 Å². The molecule has 0 radical (unpaired) electrons. The van der Waals surface area contributed by atoms with E-state index in [0.717, 1.165) is 18.2 Å². The summed E-state index contributed by atoms with van der Waals surface area (Å²) in [5, 5.41) is 4.17. The topological polar surface area (TPSA) is 64.9 Å². The monoisotopic (exact) mass is 279 g/mol. The third kappa shape index (κ3) is 4.58. The van der Waals surface area contributed by atoms with E-state index in [4.69, 9.17) is 10.3 Å². The summed E-state index contributed by atoms with van der Waals surface area (Å²) >= 11 is 0. The van der Waals surface area contributed by atoms with Crippen molar-refractivity contribution in [2.24, 2.45) is 17.1 Å². The van der Waals surface area contributed by atoms with Gasteiger partial charge in [0, 0.05) is 18.4 Å². The summed E-state index contributed by atoms with van der Waals surface area (Å²) in [5.41, 5.74) is 6.41. The molecule has 4 nitrogen and oxygen atoms in total. The molecule has 0 amide bonds. The molecule has 2 N–H and O–H groups in total. The van der Waals surface area contributed by atoms with Crippen molar-refractivity contribution in [1.82, 2.24) is 10.1 Å². The zero-order chi connectivity index (χ0) is 14.8. The first-order chi connectivity index (χ1) is 9.33. The number of aromatic nitrogens is 2. The van der Waals surface area contributed by atoms with Crippen LogP contribution in [0.4, 0.5) is 0 Å². The van der Waals surface area contributed by atoms with E-state index >= 15 is 0 Å². The van der Waals surface area contributed by atoms with Crippen molar-refractivity contribution in [3.63, 3.8) is 0 Å². The first kappa shape index (κ1) is 15.5. The van der Waals surface area contributed by atoms with E-state index in [1.165, 1.54) is 25.7 Å². The summed E-state index contributed by atoms with van der Waals surface area (Å²) < 4.78 is 5.39. The molecule has 1 heterocycles. The predicted octanol–water partition coefficient (Wildman–Crippen LogP) is 3.67. The van der Waals surface area contributed by atoms with Gasteiger partial charge in [-0.25, -0.2) is 0 Å². The molecule has 0 bridgehead atoms. The second-order valence-corrected chi connectivity index (χ2v) is 7.73. The van der Waals surface area contributed by atoms with Gasteiger partial charge in [-0.15, -0.1) is 0 Å². The molecule has 1 aliphatic rings. The van der Waals surface area contributed by atoms with Crippen LogP contribution >= 0.6 is 0 Å². The molecular weight excluding hydrogens is 250 g/mol. The first-order valence-electron chi connectivity index (χ1n) is 7.91. The van der Waals surface area contributed by atoms with Gasteiger partial charge in [-0.2, -0.15) is 4.98 Å². The molecule has 4 heteroatoms. The van der Waals surface area contributed by atoms with Crippen LogP contribution in [0.3, 0.4) is 0 Å². The molecule has 0 aromatic carbocycles. The second kappa shape index (κ2) is 6.25. The summed E-state index contributed by atoms with van der Waals surface area (Å²) in [6.07, 6.45) is 6.58. The Morgan fingerprint density at radius 1 is 1.25 bits per heavy atom. The van der Waals surface area contributed by atoms with Gasteiger partial charge in [0.1, 0.15) is 0 Å². The fourth-order valence-electron chi connectivity index (χ4n) is 3.12. The molecular formula is C16H29N3O. The Kier molecular flexibility index (Phi) is 4.84. The third-order valence-electron chi connectivity index (χ3n) is 4.18. The molecule has 1 unspecified atom stereocenters. The average molecular weight is 279 g/mol. The lowest BCUT2D eigenvalue weighted by Crippen LogP contribution is -2.28. The van der Waals surface area contributed by atoms with Gasteiger partial charge in [-0.3, -0.25) is 0 Å². The molecule has 1 atom stereocenters. The molecule has 1 aliphatic carbocycles. The van der Waals surface area contributed by atoms with Gasteiger partial charge in [0.15, 0.2) is 5.82 Å². The van der Waals surface area contributed by atoms with Crippen LogP contribution in [0.15, 0.2) is 4.52 Å². The standard InChI is InChI=1S/C16H29N3O/c1-11-5-7-12(8-6-11)15-18-14(20-19-15)9-13(17)10-16(2,3)4/h11-13H,5-10,17H2,1-4H3. The zero-order valence-corrected chi connectivity index (χ0v) is 13.4. The quantitative estimate of drug-likeness (QED) is 0.913. The normalized spacial score (nSPS) is 25.6. The van der Waals surface area contributed by atoms with Gasteiger partial charge in [0.25, 0.3) is 0 Å². The molecule has 0 saturated heterocycles. The first-order valence-corrected chi connectivity index (χ1v) is 7.91. The van der Waals surface area contributed by atoms with Crippen LogP contribution in [0.25, 0.3) is 0 Å². The number of nitrogens with zero attached hydrogens (tertiary/aromatic N) is 2. The van der Waals surface area contributed by atoms with E-state index in [0.29, 0.717) is 18.2 Å². The smallest absolute Gasteiger partial charge is 0.228 e. The minimum atomic E-state index is 0.0923. The fraction of sp³-hybridized carbons (Fsp3) is 0.875. The van der Waals surface area contributed by atoms with Crippen LogP contribution in [0, 0.1) is 11.3 Å². The molecule has 2 rings (SSSR count). The lowest BCUT2D eigenvalue weighted by molar-refractivity contribution is 0.306. The Morgan fingerprint density at radius 3 is 2.50 bits per heavy atom. The van der Waals surface area contributed by atoms with Crippen LogP contribution < -0.4 is 5.73 Å². The summed E-state index contributed by atoms with van der Waals surface area (Å²) in [7, 11) is 0. The summed E-state index contributed by atoms with van der Waals surface area (Å²) in [5.74, 6) is 2.94. The van der Waals surface area contributed by atoms with Gasteiger partial charge >= 0.3 is 0 Å². The SMILES string of the molecule is CC1CCC(c2noc(CC(N)CC(C)(C)C)n2)CC1. The maximum Gasteiger partial charge on any atom is 0.228 e. The lowest BCUT2D eigenvalue weighted by atomic mass is 9.83. The number of hydrogen-bond donors (Lipinski definition) is 1. The minimum Gasteiger partial charge on any atom is -0.339 e. The van der Waals surface area contributed by atoms with Crippen LogP contribution in [-0.4, -0.2) is 16.2 Å². The molecule has 1 fully saturated rings. The van der Waals surface area contributed by atoms with E-state index in [1.807, 2.05) is 0 Å². The van der Waals surface area contributed by atoms with Gasteiger partial charge in [0.05, 0.1) is 0 Å². The van der Waals surface area contributed by atoms with Crippen molar-refractivity contribution < 1.29 is 4.52 Å². The van der Waals surface area contributed by atoms with E-state index in [9.17, 15) is 0 Å². The zero-order valence-electron chi connectivity index (χ0n) is 13.4. The van der Waals surface area contributed by atoms with E-state index in [-0.39, 0.29) is 11.5 Å². The maximum atomic E-state index is 6.17. The lowest BCUT2D eigenvalue weighted by Gasteiger charge is -2.23. The number of nitrogens with two attached hydrogens (primary N) is 1. The average Bonchev–Trinajstić information content (AvgIpc) is 2.75. The van der Waals surface area contributed by atoms with Crippen molar-refractivity contribution in [3.05, 3.63) is 11.7 Å². The van der Waals surface area contributed by atoms with Gasteiger partial charge in [0.2, 0.25) is 5.89 Å². The Balaban J connectivity index is 1.89. The summed E-state index contributed by atoms with van der Waals surface area (Å²) in [6.45, 7) is 8.93. The van der Waals surface area contributed by atoms with Gasteiger partial charge < -0.3 is 10.3 Å². The fourth-order valence-corrected chi connectivity index (χ4v) is 3.12. The molecule has 0 spiro atoms. The van der Waals surface area contributed by atoms with Crippen molar-refractivity contribution in [3.8, 4) is 0 Å². The Labute approximate surface area is 122 Å². The van der Waals surface area contributed by atoms with Crippen LogP contribution in [0.1, 0.15) is 77.4 Å². The van der Waals surface area contributed by atoms with E-state index in [2.05, 4.69) is 37.8 Å². The highest BCUT2D eigenvalue weighted by atomic mass is 16.5. The minimum absolute atomic E-state index is 0.0923. The molecule has 1 aromatic heterocycles. The van der Waals surface area contributed by atoms with Crippen molar-refractivity contribution in [2.45, 2.75) is 78.2 Å². The van der Waals surface area contributed by atoms with Crippen LogP contribution in [-0.2, 0) is 6.42 Å². The second-order valence-electron chi connectivity index (χ2n) is 7.73. The van der Waals surface area contributed by atoms with Gasteiger partial charge in [-0.05, 0) is 30.6 Å². The van der Waals surface area contributed by atoms with E-state index in [1.54, 1.807) is 0 Å². The third-order valence-corrected chi connectivity index (χ3v) is 4.18. The predicted molar refractivity (Wildman–Crippen MR) is 80.4 cm³/mol. The van der Waals surface area contributed by atoms with Crippen LogP contribution in [0.2, 0.25) is 0 Å². The Hall–Kier alpha value is -0.900. The largest absolute Gasteiger partial charge is 0.339 e. The van der Waals surface area contributed by atoms with E-state index < -0.39 is 0 Å². The molecule has 20 heavy (non-hydrogen) atoms. The Morgan fingerprint density at radius 2 is 1.90 bits per heavy atom. The van der Waals surface area contributed by atoms with Gasteiger partial charge in [-0.1, -0.05) is 45.7 Å². The number of rotatable bonds is 4. The highest BCUT2D eigenvalue weighted by Crippen LogP contribution is 2.34.